The number of hydrogen-bond donors (Lipinski definition) is 0. The molecule has 0 bridgehead atoms. The summed E-state index contributed by atoms with van der Waals surface area (Å²) in [6.45, 7) is 5.75. The Labute approximate surface area is 154 Å². The molecular formula is C21H25FN2O2. The number of benzene rings is 2. The van der Waals surface area contributed by atoms with E-state index in [4.69, 9.17) is 0 Å². The maximum absolute atomic E-state index is 13.9. The average molecular weight is 356 g/mol. The van der Waals surface area contributed by atoms with Crippen LogP contribution in [0.25, 0.3) is 0 Å². The minimum atomic E-state index is -0.379. The van der Waals surface area contributed by atoms with Gasteiger partial charge in [0.1, 0.15) is 12.4 Å². The first-order valence-corrected chi connectivity index (χ1v) is 8.70. The zero-order chi connectivity index (χ0) is 19.1. The minimum absolute atomic E-state index is 0.00928. The van der Waals surface area contributed by atoms with Crippen molar-refractivity contribution >= 4 is 11.8 Å². The smallest absolute Gasteiger partial charge is 0.242 e. The van der Waals surface area contributed by atoms with Gasteiger partial charge in [0.2, 0.25) is 11.8 Å². The van der Waals surface area contributed by atoms with Gasteiger partial charge in [0, 0.05) is 31.6 Å². The van der Waals surface area contributed by atoms with E-state index < -0.39 is 0 Å². The summed E-state index contributed by atoms with van der Waals surface area (Å²) >= 11 is 0. The van der Waals surface area contributed by atoms with Crippen molar-refractivity contribution in [3.8, 4) is 0 Å². The standard InChI is InChI=1S/C21H25FN2O2/c1-16(2)24(13-18-9-5-4-6-10-18)21(26)15-23(17(3)25)14-19-11-7-8-12-20(19)22/h4-12,16H,13-15H2,1-3H3. The van der Waals surface area contributed by atoms with Crippen molar-refractivity contribution in [3.63, 3.8) is 0 Å². The first-order chi connectivity index (χ1) is 12.4. The first-order valence-electron chi connectivity index (χ1n) is 8.70. The third kappa shape index (κ3) is 5.41. The van der Waals surface area contributed by atoms with Crippen molar-refractivity contribution in [3.05, 3.63) is 71.5 Å². The lowest BCUT2D eigenvalue weighted by atomic mass is 10.1. The van der Waals surface area contributed by atoms with Crippen LogP contribution >= 0.6 is 0 Å². The Kier molecular flexibility index (Phi) is 6.89. The van der Waals surface area contributed by atoms with E-state index in [0.29, 0.717) is 12.1 Å². The number of rotatable bonds is 7. The molecule has 5 heteroatoms. The fraction of sp³-hybridized carbons (Fsp3) is 0.333. The lowest BCUT2D eigenvalue weighted by Gasteiger charge is -2.30. The molecule has 26 heavy (non-hydrogen) atoms. The van der Waals surface area contributed by atoms with Crippen LogP contribution in [-0.2, 0) is 22.7 Å². The molecule has 2 rings (SSSR count). The third-order valence-electron chi connectivity index (χ3n) is 4.23. The predicted octanol–water partition coefficient (Wildman–Crippen LogP) is 3.61. The summed E-state index contributed by atoms with van der Waals surface area (Å²) < 4.78 is 13.9. The number of hydrogen-bond acceptors (Lipinski definition) is 2. The Hall–Kier alpha value is -2.69. The second-order valence-electron chi connectivity index (χ2n) is 6.57. The number of nitrogens with zero attached hydrogens (tertiary/aromatic N) is 2. The van der Waals surface area contributed by atoms with E-state index in [1.807, 2.05) is 44.2 Å². The average Bonchev–Trinajstić information content (AvgIpc) is 2.61. The molecule has 0 N–H and O–H groups in total. The van der Waals surface area contributed by atoms with Gasteiger partial charge in [-0.15, -0.1) is 0 Å². The van der Waals surface area contributed by atoms with Gasteiger partial charge in [-0.3, -0.25) is 9.59 Å². The quantitative estimate of drug-likeness (QED) is 0.760. The van der Waals surface area contributed by atoms with Crippen LogP contribution in [0.3, 0.4) is 0 Å². The van der Waals surface area contributed by atoms with Gasteiger partial charge in [0.25, 0.3) is 0 Å². The Morgan fingerprint density at radius 2 is 1.58 bits per heavy atom. The topological polar surface area (TPSA) is 40.6 Å². The molecule has 0 saturated carbocycles. The highest BCUT2D eigenvalue weighted by molar-refractivity contribution is 5.84. The highest BCUT2D eigenvalue weighted by Crippen LogP contribution is 2.13. The molecule has 0 fully saturated rings. The molecule has 0 saturated heterocycles. The molecule has 0 aliphatic heterocycles. The van der Waals surface area contributed by atoms with Gasteiger partial charge in [-0.25, -0.2) is 4.39 Å². The maximum atomic E-state index is 13.9. The molecule has 138 valence electrons. The fourth-order valence-corrected chi connectivity index (χ4v) is 2.70. The molecule has 2 aromatic rings. The van der Waals surface area contributed by atoms with E-state index in [2.05, 4.69) is 0 Å². The molecule has 0 unspecified atom stereocenters. The molecule has 2 aromatic carbocycles. The SMILES string of the molecule is CC(=O)N(CC(=O)N(Cc1ccccc1)C(C)C)Cc1ccccc1F. The minimum Gasteiger partial charge on any atom is -0.334 e. The van der Waals surface area contributed by atoms with Crippen LogP contribution < -0.4 is 0 Å². The number of amides is 2. The van der Waals surface area contributed by atoms with E-state index >= 15 is 0 Å². The monoisotopic (exact) mass is 356 g/mol. The molecule has 4 nitrogen and oxygen atoms in total. The summed E-state index contributed by atoms with van der Waals surface area (Å²) in [6, 6.07) is 16.0. The second-order valence-corrected chi connectivity index (χ2v) is 6.57. The summed E-state index contributed by atoms with van der Waals surface area (Å²) in [5, 5.41) is 0. The molecule has 0 aliphatic carbocycles. The maximum Gasteiger partial charge on any atom is 0.242 e. The van der Waals surface area contributed by atoms with Crippen molar-refractivity contribution in [1.82, 2.24) is 9.80 Å². The van der Waals surface area contributed by atoms with E-state index in [-0.39, 0.29) is 36.8 Å². The van der Waals surface area contributed by atoms with E-state index in [9.17, 15) is 14.0 Å². The Morgan fingerprint density at radius 1 is 0.962 bits per heavy atom. The normalized spacial score (nSPS) is 10.7. The van der Waals surface area contributed by atoms with Crippen LogP contribution in [0, 0.1) is 5.82 Å². The molecule has 0 atom stereocenters. The fourth-order valence-electron chi connectivity index (χ4n) is 2.70. The van der Waals surface area contributed by atoms with Gasteiger partial charge < -0.3 is 9.80 Å². The largest absolute Gasteiger partial charge is 0.334 e. The third-order valence-corrected chi connectivity index (χ3v) is 4.23. The van der Waals surface area contributed by atoms with Gasteiger partial charge in [0.05, 0.1) is 0 Å². The van der Waals surface area contributed by atoms with Crippen LogP contribution in [-0.4, -0.2) is 34.2 Å². The molecule has 0 aromatic heterocycles. The van der Waals surface area contributed by atoms with E-state index in [0.717, 1.165) is 5.56 Å². The summed E-state index contributed by atoms with van der Waals surface area (Å²) in [5.41, 5.74) is 1.42. The van der Waals surface area contributed by atoms with Crippen LogP contribution in [0.4, 0.5) is 4.39 Å². The van der Waals surface area contributed by atoms with Crippen molar-refractivity contribution in [2.45, 2.75) is 39.9 Å². The van der Waals surface area contributed by atoms with Crippen molar-refractivity contribution < 1.29 is 14.0 Å². The van der Waals surface area contributed by atoms with Crippen LogP contribution in [0.5, 0.6) is 0 Å². The van der Waals surface area contributed by atoms with Gasteiger partial charge in [-0.2, -0.15) is 0 Å². The second kappa shape index (κ2) is 9.13. The molecular weight excluding hydrogens is 331 g/mol. The summed E-state index contributed by atoms with van der Waals surface area (Å²) in [6.07, 6.45) is 0. The first kappa shape index (κ1) is 19.6. The van der Waals surface area contributed by atoms with Crippen LogP contribution in [0.1, 0.15) is 31.9 Å². The molecule has 0 heterocycles. The summed E-state index contributed by atoms with van der Waals surface area (Å²) in [4.78, 5) is 27.9. The molecule has 0 spiro atoms. The van der Waals surface area contributed by atoms with Crippen LogP contribution in [0.15, 0.2) is 54.6 Å². The highest BCUT2D eigenvalue weighted by atomic mass is 19.1. The summed E-state index contributed by atoms with van der Waals surface area (Å²) in [5.74, 6) is -0.795. The zero-order valence-corrected chi connectivity index (χ0v) is 15.5. The van der Waals surface area contributed by atoms with Gasteiger partial charge in [-0.05, 0) is 25.5 Å². The van der Waals surface area contributed by atoms with Gasteiger partial charge in [-0.1, -0.05) is 48.5 Å². The number of carbonyl (C=O) groups is 2. The Morgan fingerprint density at radius 3 is 2.15 bits per heavy atom. The van der Waals surface area contributed by atoms with Gasteiger partial charge >= 0.3 is 0 Å². The van der Waals surface area contributed by atoms with Crippen molar-refractivity contribution in [1.29, 1.82) is 0 Å². The lowest BCUT2D eigenvalue weighted by Crippen LogP contribution is -2.44. The summed E-state index contributed by atoms with van der Waals surface area (Å²) in [7, 11) is 0. The highest BCUT2D eigenvalue weighted by Gasteiger charge is 2.22. The van der Waals surface area contributed by atoms with Gasteiger partial charge in [0.15, 0.2) is 0 Å². The van der Waals surface area contributed by atoms with E-state index in [1.165, 1.54) is 17.9 Å². The zero-order valence-electron chi connectivity index (χ0n) is 15.5. The lowest BCUT2D eigenvalue weighted by molar-refractivity contribution is -0.141. The number of carbonyl (C=O) groups excluding carboxylic acids is 2. The van der Waals surface area contributed by atoms with Crippen molar-refractivity contribution in [2.75, 3.05) is 6.54 Å². The Balaban J connectivity index is 2.11. The molecule has 0 aliphatic rings. The Bertz CT molecular complexity index is 747. The van der Waals surface area contributed by atoms with Crippen molar-refractivity contribution in [2.24, 2.45) is 0 Å². The molecule has 0 radical (unpaired) electrons. The number of halogens is 1. The molecule has 2 amide bonds. The van der Waals surface area contributed by atoms with Crippen LogP contribution in [0.2, 0.25) is 0 Å². The van der Waals surface area contributed by atoms with E-state index in [1.54, 1.807) is 23.1 Å². The predicted molar refractivity (Wildman–Crippen MR) is 99.6 cm³/mol.